The molecule has 0 amide bonds. The zero-order chi connectivity index (χ0) is 14.9. The monoisotopic (exact) mass is 293 g/mol. The molecule has 0 aromatic rings. The van der Waals surface area contributed by atoms with Crippen molar-refractivity contribution in [2.45, 2.75) is 31.7 Å². The summed E-state index contributed by atoms with van der Waals surface area (Å²) in [5, 5.41) is 3.79. The molecule has 2 fully saturated rings. The molecule has 1 N–H and O–H groups in total. The van der Waals surface area contributed by atoms with Gasteiger partial charge < -0.3 is 15.0 Å². The van der Waals surface area contributed by atoms with E-state index in [-0.39, 0.29) is 0 Å². The normalized spacial score (nSPS) is 25.8. The minimum Gasteiger partial charge on any atom is -0.383 e. The Morgan fingerprint density at radius 2 is 2.00 bits per heavy atom. The average Bonchev–Trinajstić information content (AvgIpc) is 2.53. The molecule has 120 valence electrons. The van der Waals surface area contributed by atoms with E-state index in [1.165, 1.54) is 45.3 Å². The summed E-state index contributed by atoms with van der Waals surface area (Å²) in [7, 11) is 1.79. The number of nitrogens with zero attached hydrogens (tertiary/aromatic N) is 2. The van der Waals surface area contributed by atoms with Crippen LogP contribution in [0.1, 0.15) is 25.7 Å². The lowest BCUT2D eigenvalue weighted by molar-refractivity contribution is 0.112. The van der Waals surface area contributed by atoms with Crippen molar-refractivity contribution in [3.8, 4) is 12.3 Å². The van der Waals surface area contributed by atoms with Gasteiger partial charge in [-0.1, -0.05) is 5.92 Å². The summed E-state index contributed by atoms with van der Waals surface area (Å²) in [6.45, 7) is 8.67. The third kappa shape index (κ3) is 5.96. The standard InChI is InChI=1S/C17H31N3O/c1-3-8-19-10-6-17(7-11-19)18-14-16-5-4-9-20(15-16)12-13-21-2/h1,16-18H,4-15H2,2H3. The first-order valence-corrected chi connectivity index (χ1v) is 8.42. The maximum absolute atomic E-state index is 5.38. The van der Waals surface area contributed by atoms with Gasteiger partial charge in [0.25, 0.3) is 0 Å². The maximum Gasteiger partial charge on any atom is 0.0598 e. The van der Waals surface area contributed by atoms with Crippen LogP contribution in [0.2, 0.25) is 0 Å². The highest BCUT2D eigenvalue weighted by Crippen LogP contribution is 2.17. The van der Waals surface area contributed by atoms with Gasteiger partial charge in [-0.25, -0.2) is 0 Å². The van der Waals surface area contributed by atoms with Crippen LogP contribution in [0.25, 0.3) is 0 Å². The molecule has 2 aliphatic heterocycles. The predicted octanol–water partition coefficient (Wildman–Crippen LogP) is 1.03. The van der Waals surface area contributed by atoms with E-state index in [4.69, 9.17) is 11.2 Å². The summed E-state index contributed by atoms with van der Waals surface area (Å²) in [5.41, 5.74) is 0. The fraction of sp³-hybridized carbons (Fsp3) is 0.882. The molecular weight excluding hydrogens is 262 g/mol. The van der Waals surface area contributed by atoms with Crippen molar-refractivity contribution in [1.82, 2.24) is 15.1 Å². The van der Waals surface area contributed by atoms with Gasteiger partial charge in [-0.15, -0.1) is 6.42 Å². The molecule has 1 atom stereocenters. The van der Waals surface area contributed by atoms with Gasteiger partial charge in [0.1, 0.15) is 0 Å². The van der Waals surface area contributed by atoms with Crippen LogP contribution in [0.4, 0.5) is 0 Å². The van der Waals surface area contributed by atoms with Crippen LogP contribution in [-0.4, -0.2) is 75.4 Å². The number of likely N-dealkylation sites (tertiary alicyclic amines) is 2. The predicted molar refractivity (Wildman–Crippen MR) is 87.3 cm³/mol. The largest absolute Gasteiger partial charge is 0.383 e. The number of hydrogen-bond acceptors (Lipinski definition) is 4. The van der Waals surface area contributed by atoms with Gasteiger partial charge in [-0.05, 0) is 44.7 Å². The molecular formula is C17H31N3O. The number of hydrogen-bond donors (Lipinski definition) is 1. The van der Waals surface area contributed by atoms with Gasteiger partial charge in [0.15, 0.2) is 0 Å². The molecule has 0 bridgehead atoms. The van der Waals surface area contributed by atoms with E-state index in [1.54, 1.807) is 7.11 Å². The Morgan fingerprint density at radius 1 is 1.19 bits per heavy atom. The van der Waals surface area contributed by atoms with Crippen LogP contribution >= 0.6 is 0 Å². The van der Waals surface area contributed by atoms with Crippen LogP contribution in [0.15, 0.2) is 0 Å². The van der Waals surface area contributed by atoms with Crippen LogP contribution in [0.5, 0.6) is 0 Å². The maximum atomic E-state index is 5.38. The lowest BCUT2D eigenvalue weighted by atomic mass is 9.96. The highest BCUT2D eigenvalue weighted by molar-refractivity contribution is 4.90. The summed E-state index contributed by atoms with van der Waals surface area (Å²) >= 11 is 0. The van der Waals surface area contributed by atoms with E-state index in [1.807, 2.05) is 0 Å². The van der Waals surface area contributed by atoms with E-state index in [2.05, 4.69) is 21.0 Å². The van der Waals surface area contributed by atoms with E-state index in [9.17, 15) is 0 Å². The molecule has 0 aliphatic carbocycles. The molecule has 0 aromatic heterocycles. The minimum absolute atomic E-state index is 0.688. The first kappa shape index (κ1) is 16.8. The summed E-state index contributed by atoms with van der Waals surface area (Å²) in [5.74, 6) is 3.55. The van der Waals surface area contributed by atoms with Crippen molar-refractivity contribution >= 4 is 0 Å². The third-order valence-corrected chi connectivity index (χ3v) is 4.81. The fourth-order valence-corrected chi connectivity index (χ4v) is 3.50. The molecule has 0 spiro atoms. The van der Waals surface area contributed by atoms with Gasteiger partial charge >= 0.3 is 0 Å². The first-order valence-electron chi connectivity index (χ1n) is 8.42. The first-order chi connectivity index (χ1) is 10.3. The second kappa shape index (κ2) is 9.42. The molecule has 1 unspecified atom stereocenters. The molecule has 2 heterocycles. The Labute approximate surface area is 130 Å². The second-order valence-electron chi connectivity index (χ2n) is 6.46. The highest BCUT2D eigenvalue weighted by Gasteiger charge is 2.22. The van der Waals surface area contributed by atoms with Crippen molar-refractivity contribution < 1.29 is 4.74 Å². The SMILES string of the molecule is C#CCN1CCC(NCC2CCCN(CCOC)C2)CC1. The van der Waals surface area contributed by atoms with Crippen LogP contribution in [0, 0.1) is 18.3 Å². The van der Waals surface area contributed by atoms with Crippen molar-refractivity contribution in [1.29, 1.82) is 0 Å². The molecule has 2 rings (SSSR count). The molecule has 0 saturated carbocycles. The third-order valence-electron chi connectivity index (χ3n) is 4.81. The quantitative estimate of drug-likeness (QED) is 0.710. The van der Waals surface area contributed by atoms with Crippen molar-refractivity contribution in [2.75, 3.05) is 59.5 Å². The average molecular weight is 293 g/mol. The van der Waals surface area contributed by atoms with Gasteiger partial charge in [-0.2, -0.15) is 0 Å². The van der Waals surface area contributed by atoms with Crippen LogP contribution < -0.4 is 5.32 Å². The van der Waals surface area contributed by atoms with E-state index >= 15 is 0 Å². The summed E-state index contributed by atoms with van der Waals surface area (Å²) < 4.78 is 5.19. The van der Waals surface area contributed by atoms with Crippen LogP contribution in [-0.2, 0) is 4.74 Å². The molecule has 4 heteroatoms. The Morgan fingerprint density at radius 3 is 2.71 bits per heavy atom. The number of rotatable bonds is 7. The Balaban J connectivity index is 1.61. The lowest BCUT2D eigenvalue weighted by Gasteiger charge is -2.35. The van der Waals surface area contributed by atoms with Gasteiger partial charge in [0.05, 0.1) is 13.2 Å². The fourth-order valence-electron chi connectivity index (χ4n) is 3.50. The minimum atomic E-state index is 0.688. The van der Waals surface area contributed by atoms with E-state index < -0.39 is 0 Å². The molecule has 2 aliphatic rings. The van der Waals surface area contributed by atoms with Crippen molar-refractivity contribution in [3.05, 3.63) is 0 Å². The smallest absolute Gasteiger partial charge is 0.0598 e. The molecule has 4 nitrogen and oxygen atoms in total. The summed E-state index contributed by atoms with van der Waals surface area (Å²) in [4.78, 5) is 4.93. The Bertz CT molecular complexity index is 320. The van der Waals surface area contributed by atoms with E-state index in [0.717, 1.165) is 38.7 Å². The van der Waals surface area contributed by atoms with Crippen LogP contribution in [0.3, 0.4) is 0 Å². The summed E-state index contributed by atoms with van der Waals surface area (Å²) in [6.07, 6.45) is 10.6. The molecule has 21 heavy (non-hydrogen) atoms. The van der Waals surface area contributed by atoms with Gasteiger partial charge in [0, 0.05) is 39.3 Å². The lowest BCUT2D eigenvalue weighted by Crippen LogP contribution is -2.46. The zero-order valence-corrected chi connectivity index (χ0v) is 13.5. The van der Waals surface area contributed by atoms with Gasteiger partial charge in [0.2, 0.25) is 0 Å². The Kier molecular flexibility index (Phi) is 7.52. The number of ether oxygens (including phenoxy) is 1. The highest BCUT2D eigenvalue weighted by atomic mass is 16.5. The Hall–Kier alpha value is -0.600. The summed E-state index contributed by atoms with van der Waals surface area (Å²) in [6, 6.07) is 0.688. The molecule has 0 aromatic carbocycles. The van der Waals surface area contributed by atoms with Crippen molar-refractivity contribution in [3.63, 3.8) is 0 Å². The van der Waals surface area contributed by atoms with E-state index in [0.29, 0.717) is 6.04 Å². The topological polar surface area (TPSA) is 27.7 Å². The number of piperidine rings is 2. The zero-order valence-electron chi connectivity index (χ0n) is 13.5. The molecule has 0 radical (unpaired) electrons. The number of methoxy groups -OCH3 is 1. The van der Waals surface area contributed by atoms with Gasteiger partial charge in [-0.3, -0.25) is 4.90 Å². The molecule has 2 saturated heterocycles. The number of terminal acetylenes is 1. The second-order valence-corrected chi connectivity index (χ2v) is 6.46. The van der Waals surface area contributed by atoms with Crippen molar-refractivity contribution in [2.24, 2.45) is 5.92 Å². The number of nitrogens with one attached hydrogen (secondary N) is 1.